The van der Waals surface area contributed by atoms with E-state index >= 15 is 0 Å². The Hall–Kier alpha value is -2.94. The molecule has 0 saturated carbocycles. The van der Waals surface area contributed by atoms with Crippen molar-refractivity contribution < 1.29 is 28.5 Å². The van der Waals surface area contributed by atoms with Crippen LogP contribution in [0.2, 0.25) is 5.02 Å². The van der Waals surface area contributed by atoms with Crippen LogP contribution in [-0.4, -0.2) is 35.2 Å². The number of nitrogens with zero attached hydrogens (tertiary/aromatic N) is 2. The molecule has 0 aliphatic heterocycles. The third-order valence-corrected chi connectivity index (χ3v) is 4.62. The summed E-state index contributed by atoms with van der Waals surface area (Å²) in [7, 11) is 0. The number of benzene rings is 1. The number of rotatable bonds is 9. The summed E-state index contributed by atoms with van der Waals surface area (Å²) in [6, 6.07) is 6.60. The SMILES string of the molecule is CCOC(=O)C(C(=O)OCC)C(Cc1onc(C)c1[N+](=O)[O-])c1ccccc1Cl. The normalized spacial score (nSPS) is 11.9. The van der Waals surface area contributed by atoms with Gasteiger partial charge in [0.15, 0.2) is 11.6 Å². The van der Waals surface area contributed by atoms with Crippen LogP contribution in [0, 0.1) is 23.0 Å². The average molecular weight is 425 g/mol. The van der Waals surface area contributed by atoms with E-state index in [1.807, 2.05) is 0 Å². The molecule has 0 spiro atoms. The standard InChI is InChI=1S/C19H21ClN2O7/c1-4-27-18(23)16(19(24)28-5-2)13(12-8-6-7-9-14(12)20)10-15-17(22(25)26)11(3)21-29-15/h6-9,13,16H,4-5,10H2,1-3H3. The summed E-state index contributed by atoms with van der Waals surface area (Å²) in [6.45, 7) is 4.74. The summed E-state index contributed by atoms with van der Waals surface area (Å²) in [4.78, 5) is 36.1. The van der Waals surface area contributed by atoms with Crippen molar-refractivity contribution in [3.8, 4) is 0 Å². The van der Waals surface area contributed by atoms with Crippen molar-refractivity contribution in [1.82, 2.24) is 5.16 Å². The zero-order chi connectivity index (χ0) is 21.6. The second-order valence-electron chi connectivity index (χ2n) is 6.11. The highest BCUT2D eigenvalue weighted by atomic mass is 35.5. The van der Waals surface area contributed by atoms with Crippen LogP contribution in [-0.2, 0) is 25.5 Å². The van der Waals surface area contributed by atoms with Gasteiger partial charge < -0.3 is 14.0 Å². The van der Waals surface area contributed by atoms with Crippen molar-refractivity contribution in [3.63, 3.8) is 0 Å². The van der Waals surface area contributed by atoms with E-state index in [0.29, 0.717) is 5.56 Å². The molecule has 2 rings (SSSR count). The van der Waals surface area contributed by atoms with Crippen LogP contribution >= 0.6 is 11.6 Å². The minimum Gasteiger partial charge on any atom is -0.465 e. The highest BCUT2D eigenvalue weighted by Gasteiger charge is 2.41. The molecule has 0 amide bonds. The Morgan fingerprint density at radius 1 is 1.21 bits per heavy atom. The van der Waals surface area contributed by atoms with Crippen molar-refractivity contribution in [2.24, 2.45) is 5.92 Å². The van der Waals surface area contributed by atoms with Gasteiger partial charge in [-0.2, -0.15) is 0 Å². The largest absolute Gasteiger partial charge is 0.465 e. The molecule has 0 radical (unpaired) electrons. The molecule has 1 atom stereocenters. The summed E-state index contributed by atoms with van der Waals surface area (Å²) in [5, 5.41) is 15.4. The fourth-order valence-electron chi connectivity index (χ4n) is 3.05. The number of hydrogen-bond donors (Lipinski definition) is 0. The highest BCUT2D eigenvalue weighted by Crippen LogP contribution is 2.37. The highest BCUT2D eigenvalue weighted by molar-refractivity contribution is 6.31. The minimum absolute atomic E-state index is 0.0472. The number of aryl methyl sites for hydroxylation is 1. The number of halogens is 1. The Morgan fingerprint density at radius 2 is 1.79 bits per heavy atom. The van der Waals surface area contributed by atoms with E-state index in [0.717, 1.165) is 0 Å². The van der Waals surface area contributed by atoms with E-state index in [2.05, 4.69) is 5.16 Å². The number of hydrogen-bond acceptors (Lipinski definition) is 8. The van der Waals surface area contributed by atoms with Crippen LogP contribution in [0.15, 0.2) is 28.8 Å². The van der Waals surface area contributed by atoms with Crippen LogP contribution in [0.1, 0.15) is 36.8 Å². The summed E-state index contributed by atoms with van der Waals surface area (Å²) < 4.78 is 15.3. The molecule has 29 heavy (non-hydrogen) atoms. The molecule has 0 N–H and O–H groups in total. The Balaban J connectivity index is 2.59. The number of carbonyl (C=O) groups excluding carboxylic acids is 2. The summed E-state index contributed by atoms with van der Waals surface area (Å²) in [5.74, 6) is -4.01. The smallest absolute Gasteiger partial charge is 0.334 e. The zero-order valence-corrected chi connectivity index (χ0v) is 17.0. The Kier molecular flexibility index (Phi) is 7.72. The van der Waals surface area contributed by atoms with Gasteiger partial charge in [-0.3, -0.25) is 19.7 Å². The number of carbonyl (C=O) groups is 2. The Morgan fingerprint density at radius 3 is 2.31 bits per heavy atom. The average Bonchev–Trinajstić information content (AvgIpc) is 3.02. The van der Waals surface area contributed by atoms with Gasteiger partial charge in [-0.25, -0.2) is 0 Å². The van der Waals surface area contributed by atoms with Gasteiger partial charge >= 0.3 is 17.6 Å². The topological polar surface area (TPSA) is 122 Å². The van der Waals surface area contributed by atoms with E-state index in [4.69, 9.17) is 25.6 Å². The molecule has 1 unspecified atom stereocenters. The zero-order valence-electron chi connectivity index (χ0n) is 16.2. The number of aromatic nitrogens is 1. The lowest BCUT2D eigenvalue weighted by Crippen LogP contribution is -2.34. The van der Waals surface area contributed by atoms with Crippen molar-refractivity contribution in [2.75, 3.05) is 13.2 Å². The van der Waals surface area contributed by atoms with Gasteiger partial charge in [0.1, 0.15) is 0 Å². The van der Waals surface area contributed by atoms with Crippen LogP contribution in [0.5, 0.6) is 0 Å². The molecule has 0 fully saturated rings. The fourth-order valence-corrected chi connectivity index (χ4v) is 3.33. The second-order valence-corrected chi connectivity index (χ2v) is 6.52. The van der Waals surface area contributed by atoms with Crippen molar-refractivity contribution in [2.45, 2.75) is 33.1 Å². The maximum Gasteiger partial charge on any atom is 0.334 e. The molecule has 10 heteroatoms. The predicted octanol–water partition coefficient (Wildman–Crippen LogP) is 3.61. The van der Waals surface area contributed by atoms with Crippen molar-refractivity contribution in [3.05, 3.63) is 56.4 Å². The molecule has 1 aromatic heterocycles. The van der Waals surface area contributed by atoms with Crippen LogP contribution in [0.4, 0.5) is 5.69 Å². The number of nitro groups is 1. The molecule has 0 saturated heterocycles. The lowest BCUT2D eigenvalue weighted by Gasteiger charge is -2.24. The van der Waals surface area contributed by atoms with E-state index < -0.39 is 28.7 Å². The number of ether oxygens (including phenoxy) is 2. The monoisotopic (exact) mass is 424 g/mol. The molecule has 2 aromatic rings. The maximum absolute atomic E-state index is 12.7. The van der Waals surface area contributed by atoms with E-state index in [1.165, 1.54) is 6.92 Å². The maximum atomic E-state index is 12.7. The van der Waals surface area contributed by atoms with Crippen molar-refractivity contribution >= 4 is 29.2 Å². The first kappa shape index (κ1) is 22.4. The van der Waals surface area contributed by atoms with Crippen LogP contribution in [0.3, 0.4) is 0 Å². The molecule has 1 heterocycles. The van der Waals surface area contributed by atoms with Gasteiger partial charge in [0.2, 0.25) is 5.76 Å². The van der Waals surface area contributed by atoms with Gasteiger partial charge in [-0.15, -0.1) is 0 Å². The first-order valence-electron chi connectivity index (χ1n) is 8.98. The lowest BCUT2D eigenvalue weighted by atomic mass is 9.82. The van der Waals surface area contributed by atoms with Gasteiger partial charge in [0.25, 0.3) is 0 Å². The van der Waals surface area contributed by atoms with E-state index in [1.54, 1.807) is 38.1 Å². The van der Waals surface area contributed by atoms with Gasteiger partial charge in [-0.1, -0.05) is 35.0 Å². The molecular formula is C19H21ClN2O7. The molecule has 0 aliphatic rings. The lowest BCUT2D eigenvalue weighted by molar-refractivity contribution is -0.386. The van der Waals surface area contributed by atoms with Crippen LogP contribution < -0.4 is 0 Å². The van der Waals surface area contributed by atoms with E-state index in [9.17, 15) is 19.7 Å². The summed E-state index contributed by atoms with van der Waals surface area (Å²) in [5.41, 5.74) is 0.212. The minimum atomic E-state index is -1.39. The third kappa shape index (κ3) is 5.11. The molecule has 156 valence electrons. The molecule has 0 aliphatic carbocycles. The van der Waals surface area contributed by atoms with Gasteiger partial charge in [-0.05, 0) is 32.4 Å². The molecule has 0 bridgehead atoms. The van der Waals surface area contributed by atoms with E-state index in [-0.39, 0.29) is 41.8 Å². The third-order valence-electron chi connectivity index (χ3n) is 4.28. The fraction of sp³-hybridized carbons (Fsp3) is 0.421. The Bertz CT molecular complexity index is 878. The summed E-state index contributed by atoms with van der Waals surface area (Å²) >= 11 is 6.32. The predicted molar refractivity (Wildman–Crippen MR) is 103 cm³/mol. The quantitative estimate of drug-likeness (QED) is 0.259. The molecule has 9 nitrogen and oxygen atoms in total. The van der Waals surface area contributed by atoms with Gasteiger partial charge in [0, 0.05) is 17.4 Å². The first-order valence-corrected chi connectivity index (χ1v) is 9.36. The Labute approximate surface area is 172 Å². The number of esters is 2. The molecular weight excluding hydrogens is 404 g/mol. The first-order chi connectivity index (χ1) is 13.8. The molecule has 1 aromatic carbocycles. The second kappa shape index (κ2) is 10.0. The van der Waals surface area contributed by atoms with Gasteiger partial charge in [0.05, 0.1) is 18.1 Å². The van der Waals surface area contributed by atoms with Crippen LogP contribution in [0.25, 0.3) is 0 Å². The summed E-state index contributed by atoms with van der Waals surface area (Å²) in [6.07, 6.45) is -0.177. The van der Waals surface area contributed by atoms with Crippen molar-refractivity contribution in [1.29, 1.82) is 0 Å².